The van der Waals surface area contributed by atoms with Gasteiger partial charge in [-0.2, -0.15) is 0 Å². The molecule has 1 aliphatic heterocycles. The third kappa shape index (κ3) is 4.30. The van der Waals surface area contributed by atoms with Crippen molar-refractivity contribution in [3.63, 3.8) is 0 Å². The van der Waals surface area contributed by atoms with Gasteiger partial charge in [0.2, 0.25) is 5.91 Å². The van der Waals surface area contributed by atoms with Crippen LogP contribution in [0.4, 0.5) is 0 Å². The van der Waals surface area contributed by atoms with Gasteiger partial charge in [-0.3, -0.25) is 4.79 Å². The van der Waals surface area contributed by atoms with Gasteiger partial charge in [-0.05, 0) is 31.2 Å². The molecule has 0 aromatic heterocycles. The summed E-state index contributed by atoms with van der Waals surface area (Å²) in [7, 11) is 0. The maximum atomic E-state index is 12.3. The van der Waals surface area contributed by atoms with Crippen LogP contribution in [-0.4, -0.2) is 25.0 Å². The van der Waals surface area contributed by atoms with Crippen LogP contribution >= 0.6 is 0 Å². The highest BCUT2D eigenvalue weighted by molar-refractivity contribution is 5.82. The highest BCUT2D eigenvalue weighted by Gasteiger charge is 2.31. The first-order chi connectivity index (χ1) is 7.83. The van der Waals surface area contributed by atoms with Crippen LogP contribution in [0.25, 0.3) is 0 Å². The van der Waals surface area contributed by atoms with E-state index >= 15 is 0 Å². The molecular weight excluding hydrogens is 212 g/mol. The van der Waals surface area contributed by atoms with Gasteiger partial charge in [-0.25, -0.2) is 0 Å². The number of carbonyl (C=O) groups is 1. The van der Waals surface area contributed by atoms with E-state index in [1.807, 2.05) is 13.8 Å². The van der Waals surface area contributed by atoms with Gasteiger partial charge in [0, 0.05) is 18.0 Å². The Morgan fingerprint density at radius 1 is 1.47 bits per heavy atom. The molecule has 3 nitrogen and oxygen atoms in total. The van der Waals surface area contributed by atoms with Crippen molar-refractivity contribution in [3.05, 3.63) is 0 Å². The van der Waals surface area contributed by atoms with Crippen molar-refractivity contribution in [3.8, 4) is 0 Å². The van der Waals surface area contributed by atoms with E-state index in [2.05, 4.69) is 31.4 Å². The van der Waals surface area contributed by atoms with Crippen molar-refractivity contribution in [2.24, 2.45) is 17.3 Å². The zero-order valence-corrected chi connectivity index (χ0v) is 12.0. The van der Waals surface area contributed by atoms with E-state index in [0.29, 0.717) is 17.9 Å². The monoisotopic (exact) mass is 240 g/mol. The molecule has 0 aromatic carbocycles. The van der Waals surface area contributed by atoms with Crippen LogP contribution in [0, 0.1) is 17.3 Å². The number of hydrogen-bond acceptors (Lipinski definition) is 2. The minimum atomic E-state index is -0.259. The fourth-order valence-electron chi connectivity index (χ4n) is 2.66. The van der Waals surface area contributed by atoms with E-state index in [9.17, 15) is 4.79 Å². The number of carbonyl (C=O) groups excluding carboxylic acids is 1. The summed E-state index contributed by atoms with van der Waals surface area (Å²) < 4.78 is 0. The summed E-state index contributed by atoms with van der Waals surface area (Å²) in [5.41, 5.74) is -0.259. The molecule has 100 valence electrons. The van der Waals surface area contributed by atoms with Crippen LogP contribution in [0.3, 0.4) is 0 Å². The molecule has 0 spiro atoms. The summed E-state index contributed by atoms with van der Waals surface area (Å²) in [6.07, 6.45) is 2.09. The molecule has 0 radical (unpaired) electrons. The predicted octanol–water partition coefficient (Wildman–Crippen LogP) is 2.17. The molecule has 1 fully saturated rings. The van der Waals surface area contributed by atoms with Crippen LogP contribution < -0.4 is 10.6 Å². The van der Waals surface area contributed by atoms with E-state index in [-0.39, 0.29) is 11.3 Å². The first-order valence-electron chi connectivity index (χ1n) is 6.84. The van der Waals surface area contributed by atoms with Crippen molar-refractivity contribution in [2.75, 3.05) is 13.1 Å². The molecule has 2 N–H and O–H groups in total. The summed E-state index contributed by atoms with van der Waals surface area (Å²) >= 11 is 0. The van der Waals surface area contributed by atoms with Crippen molar-refractivity contribution >= 4 is 5.91 Å². The Morgan fingerprint density at radius 3 is 2.65 bits per heavy atom. The summed E-state index contributed by atoms with van der Waals surface area (Å²) in [6, 6.07) is 0.294. The standard InChI is InChI=1S/C14H28N2O/c1-10(2)8-14(4,5)13(17)16-12-9-15-7-6-11(12)3/h10-12,15H,6-9H2,1-5H3,(H,16,17). The molecule has 1 saturated heterocycles. The van der Waals surface area contributed by atoms with E-state index in [0.717, 1.165) is 25.9 Å². The van der Waals surface area contributed by atoms with E-state index in [4.69, 9.17) is 0 Å². The smallest absolute Gasteiger partial charge is 0.225 e. The third-order valence-electron chi connectivity index (χ3n) is 3.68. The number of rotatable bonds is 4. The first-order valence-corrected chi connectivity index (χ1v) is 6.84. The molecule has 1 heterocycles. The lowest BCUT2D eigenvalue weighted by molar-refractivity contribution is -0.131. The Hall–Kier alpha value is -0.570. The molecule has 0 aliphatic carbocycles. The summed E-state index contributed by atoms with van der Waals surface area (Å²) in [5.74, 6) is 1.33. The number of nitrogens with one attached hydrogen (secondary N) is 2. The minimum absolute atomic E-state index is 0.201. The second-order valence-electron chi connectivity index (χ2n) is 6.53. The lowest BCUT2D eigenvalue weighted by Gasteiger charge is -2.34. The summed E-state index contributed by atoms with van der Waals surface area (Å²) in [4.78, 5) is 12.3. The SMILES string of the molecule is CC(C)CC(C)(C)C(=O)NC1CNCCC1C. The Morgan fingerprint density at radius 2 is 2.12 bits per heavy atom. The normalized spacial score (nSPS) is 26.0. The highest BCUT2D eigenvalue weighted by Crippen LogP contribution is 2.26. The van der Waals surface area contributed by atoms with Gasteiger partial charge < -0.3 is 10.6 Å². The van der Waals surface area contributed by atoms with Crippen molar-refractivity contribution < 1.29 is 4.79 Å². The highest BCUT2D eigenvalue weighted by atomic mass is 16.2. The molecule has 3 heteroatoms. The van der Waals surface area contributed by atoms with Crippen LogP contribution in [0.15, 0.2) is 0 Å². The quantitative estimate of drug-likeness (QED) is 0.791. The molecule has 2 atom stereocenters. The van der Waals surface area contributed by atoms with E-state index in [1.165, 1.54) is 0 Å². The molecule has 1 aliphatic rings. The lowest BCUT2D eigenvalue weighted by atomic mass is 9.82. The first kappa shape index (κ1) is 14.5. The van der Waals surface area contributed by atoms with Crippen molar-refractivity contribution in [2.45, 2.75) is 53.5 Å². The Kier molecular flexibility index (Phi) is 4.99. The van der Waals surface area contributed by atoms with Gasteiger partial charge in [0.15, 0.2) is 0 Å². The zero-order valence-electron chi connectivity index (χ0n) is 12.0. The third-order valence-corrected chi connectivity index (χ3v) is 3.68. The maximum absolute atomic E-state index is 12.3. The Bertz CT molecular complexity index is 261. The molecule has 0 aromatic rings. The van der Waals surface area contributed by atoms with Crippen molar-refractivity contribution in [1.82, 2.24) is 10.6 Å². The number of hydrogen-bond donors (Lipinski definition) is 2. The number of piperidine rings is 1. The topological polar surface area (TPSA) is 41.1 Å². The maximum Gasteiger partial charge on any atom is 0.225 e. The average Bonchev–Trinajstić information content (AvgIpc) is 2.19. The van der Waals surface area contributed by atoms with Gasteiger partial charge in [-0.1, -0.05) is 34.6 Å². The molecule has 1 amide bonds. The van der Waals surface area contributed by atoms with Crippen LogP contribution in [0.2, 0.25) is 0 Å². The molecular formula is C14H28N2O. The van der Waals surface area contributed by atoms with Crippen LogP contribution in [0.5, 0.6) is 0 Å². The van der Waals surface area contributed by atoms with Gasteiger partial charge in [0.25, 0.3) is 0 Å². The molecule has 0 saturated carbocycles. The number of amides is 1. The Labute approximate surface area is 106 Å². The second kappa shape index (κ2) is 5.85. The molecule has 0 bridgehead atoms. The molecule has 2 unspecified atom stereocenters. The van der Waals surface area contributed by atoms with Gasteiger partial charge in [0.1, 0.15) is 0 Å². The molecule has 17 heavy (non-hydrogen) atoms. The largest absolute Gasteiger partial charge is 0.351 e. The van der Waals surface area contributed by atoms with Crippen LogP contribution in [-0.2, 0) is 4.79 Å². The summed E-state index contributed by atoms with van der Waals surface area (Å²) in [6.45, 7) is 12.6. The fourth-order valence-corrected chi connectivity index (χ4v) is 2.66. The minimum Gasteiger partial charge on any atom is -0.351 e. The predicted molar refractivity (Wildman–Crippen MR) is 71.8 cm³/mol. The second-order valence-corrected chi connectivity index (χ2v) is 6.53. The summed E-state index contributed by atoms with van der Waals surface area (Å²) in [5, 5.41) is 6.56. The molecule has 1 rings (SSSR count). The fraction of sp³-hybridized carbons (Fsp3) is 0.929. The van der Waals surface area contributed by atoms with E-state index in [1.54, 1.807) is 0 Å². The van der Waals surface area contributed by atoms with Crippen molar-refractivity contribution in [1.29, 1.82) is 0 Å². The average molecular weight is 240 g/mol. The van der Waals surface area contributed by atoms with E-state index < -0.39 is 0 Å². The van der Waals surface area contributed by atoms with Gasteiger partial charge >= 0.3 is 0 Å². The zero-order chi connectivity index (χ0) is 13.1. The van der Waals surface area contributed by atoms with Crippen LogP contribution in [0.1, 0.15) is 47.5 Å². The lowest BCUT2D eigenvalue weighted by Crippen LogP contribution is -2.53. The van der Waals surface area contributed by atoms with Gasteiger partial charge in [-0.15, -0.1) is 0 Å². The Balaban J connectivity index is 2.52. The van der Waals surface area contributed by atoms with Gasteiger partial charge in [0.05, 0.1) is 0 Å².